The predicted molar refractivity (Wildman–Crippen MR) is 61.7 cm³/mol. The molecule has 0 amide bonds. The molecule has 0 bridgehead atoms. The average Bonchev–Trinajstić information content (AvgIpc) is 2.50. The Morgan fingerprint density at radius 1 is 1.47 bits per heavy atom. The maximum atomic E-state index is 9.28. The minimum absolute atomic E-state index is 0.273. The van der Waals surface area contributed by atoms with Crippen molar-refractivity contribution in [1.29, 1.82) is 0 Å². The average molecular weight is 205 g/mol. The van der Waals surface area contributed by atoms with Crippen molar-refractivity contribution < 1.29 is 5.11 Å². The van der Waals surface area contributed by atoms with E-state index in [1.807, 2.05) is 6.92 Å². The normalized spacial score (nSPS) is 26.3. The first-order valence-electron chi connectivity index (χ1n) is 5.67. The van der Waals surface area contributed by atoms with Crippen LogP contribution in [0.3, 0.4) is 0 Å². The zero-order valence-corrected chi connectivity index (χ0v) is 9.40. The van der Waals surface area contributed by atoms with Gasteiger partial charge in [-0.25, -0.2) is 0 Å². The second kappa shape index (κ2) is 4.33. The van der Waals surface area contributed by atoms with Gasteiger partial charge in [-0.3, -0.25) is 0 Å². The zero-order chi connectivity index (χ0) is 10.8. The van der Waals surface area contributed by atoms with Gasteiger partial charge < -0.3 is 10.4 Å². The Morgan fingerprint density at radius 3 is 2.93 bits per heavy atom. The van der Waals surface area contributed by atoms with Crippen molar-refractivity contribution in [3.63, 3.8) is 0 Å². The molecule has 2 N–H and O–H groups in total. The minimum Gasteiger partial charge on any atom is -0.392 e. The highest BCUT2D eigenvalue weighted by Gasteiger charge is 2.28. The van der Waals surface area contributed by atoms with Gasteiger partial charge in [0.1, 0.15) is 0 Å². The van der Waals surface area contributed by atoms with Crippen molar-refractivity contribution in [3.05, 3.63) is 35.4 Å². The minimum atomic E-state index is -0.273. The lowest BCUT2D eigenvalue weighted by Crippen LogP contribution is -2.30. The van der Waals surface area contributed by atoms with E-state index in [0.29, 0.717) is 18.5 Å². The molecule has 0 aromatic heterocycles. The van der Waals surface area contributed by atoms with Gasteiger partial charge >= 0.3 is 0 Å². The quantitative estimate of drug-likeness (QED) is 0.790. The fourth-order valence-corrected chi connectivity index (χ4v) is 2.40. The van der Waals surface area contributed by atoms with Gasteiger partial charge in [0.15, 0.2) is 0 Å². The van der Waals surface area contributed by atoms with Gasteiger partial charge in [-0.05, 0) is 30.4 Å². The molecular formula is C13H19NO. The standard InChI is InChI=1S/C13H19NO/c1-9-7-11-5-3-4-6-12(11)13(9)14-8-10(2)15/h3-6,9-10,13-15H,7-8H2,1-2H3. The fraction of sp³-hybridized carbons (Fsp3) is 0.538. The van der Waals surface area contributed by atoms with Crippen LogP contribution in [0.25, 0.3) is 0 Å². The molecule has 3 unspecified atom stereocenters. The van der Waals surface area contributed by atoms with Gasteiger partial charge in [0, 0.05) is 12.6 Å². The number of aliphatic hydroxyl groups excluding tert-OH is 1. The van der Waals surface area contributed by atoms with E-state index in [1.165, 1.54) is 11.1 Å². The molecule has 1 aliphatic rings. The van der Waals surface area contributed by atoms with Gasteiger partial charge in [-0.15, -0.1) is 0 Å². The van der Waals surface area contributed by atoms with E-state index in [9.17, 15) is 5.11 Å². The zero-order valence-electron chi connectivity index (χ0n) is 9.40. The van der Waals surface area contributed by atoms with Crippen molar-refractivity contribution in [1.82, 2.24) is 5.32 Å². The summed E-state index contributed by atoms with van der Waals surface area (Å²) in [6.45, 7) is 4.75. The first kappa shape index (κ1) is 10.7. The number of rotatable bonds is 3. The lowest BCUT2D eigenvalue weighted by molar-refractivity contribution is 0.182. The molecule has 1 aliphatic carbocycles. The van der Waals surface area contributed by atoms with Crippen LogP contribution in [0.1, 0.15) is 31.0 Å². The highest BCUT2D eigenvalue weighted by molar-refractivity contribution is 5.35. The van der Waals surface area contributed by atoms with Gasteiger partial charge in [-0.1, -0.05) is 31.2 Å². The molecular weight excluding hydrogens is 186 g/mol. The van der Waals surface area contributed by atoms with Gasteiger partial charge in [-0.2, -0.15) is 0 Å². The van der Waals surface area contributed by atoms with Crippen LogP contribution in [0.15, 0.2) is 24.3 Å². The first-order chi connectivity index (χ1) is 7.18. The molecule has 1 aromatic rings. The molecule has 0 aliphatic heterocycles. The maximum absolute atomic E-state index is 9.28. The summed E-state index contributed by atoms with van der Waals surface area (Å²) in [5.41, 5.74) is 2.86. The third kappa shape index (κ3) is 2.21. The highest BCUT2D eigenvalue weighted by Crippen LogP contribution is 2.35. The SMILES string of the molecule is CC(O)CNC1c2ccccc2CC1C. The molecule has 0 saturated heterocycles. The topological polar surface area (TPSA) is 32.3 Å². The molecule has 82 valence electrons. The molecule has 0 radical (unpaired) electrons. The largest absolute Gasteiger partial charge is 0.392 e. The van der Waals surface area contributed by atoms with Crippen LogP contribution in [-0.2, 0) is 6.42 Å². The summed E-state index contributed by atoms with van der Waals surface area (Å²) in [6, 6.07) is 9.00. The van der Waals surface area contributed by atoms with Crippen molar-refractivity contribution in [2.24, 2.45) is 5.92 Å². The Labute approximate surface area is 91.3 Å². The number of hydrogen-bond acceptors (Lipinski definition) is 2. The number of hydrogen-bond donors (Lipinski definition) is 2. The van der Waals surface area contributed by atoms with Crippen LogP contribution in [0.5, 0.6) is 0 Å². The third-order valence-electron chi connectivity index (χ3n) is 3.13. The number of fused-ring (bicyclic) bond motifs is 1. The second-order valence-electron chi connectivity index (χ2n) is 4.62. The van der Waals surface area contributed by atoms with Crippen LogP contribution in [-0.4, -0.2) is 17.8 Å². The molecule has 0 fully saturated rings. The van der Waals surface area contributed by atoms with E-state index in [1.54, 1.807) is 0 Å². The first-order valence-corrected chi connectivity index (χ1v) is 5.67. The van der Waals surface area contributed by atoms with E-state index < -0.39 is 0 Å². The smallest absolute Gasteiger partial charge is 0.0636 e. The summed E-state index contributed by atoms with van der Waals surface area (Å²) in [6.07, 6.45) is 0.873. The maximum Gasteiger partial charge on any atom is 0.0636 e. The molecule has 3 atom stereocenters. The van der Waals surface area contributed by atoms with Gasteiger partial charge in [0.2, 0.25) is 0 Å². The van der Waals surface area contributed by atoms with Gasteiger partial charge in [0.25, 0.3) is 0 Å². The Balaban J connectivity index is 2.11. The summed E-state index contributed by atoms with van der Waals surface area (Å²) in [7, 11) is 0. The molecule has 0 heterocycles. The molecule has 1 aromatic carbocycles. The van der Waals surface area contributed by atoms with E-state index in [-0.39, 0.29) is 6.10 Å². The molecule has 2 heteroatoms. The lowest BCUT2D eigenvalue weighted by atomic mass is 10.0. The highest BCUT2D eigenvalue weighted by atomic mass is 16.3. The molecule has 15 heavy (non-hydrogen) atoms. The Hall–Kier alpha value is -0.860. The predicted octanol–water partition coefficient (Wildman–Crippen LogP) is 1.89. The summed E-state index contributed by atoms with van der Waals surface area (Å²) in [5, 5.41) is 12.7. The summed E-state index contributed by atoms with van der Waals surface area (Å²) < 4.78 is 0. The van der Waals surface area contributed by atoms with Crippen LogP contribution >= 0.6 is 0 Å². The van der Waals surface area contributed by atoms with Crippen LogP contribution < -0.4 is 5.32 Å². The number of nitrogens with one attached hydrogen (secondary N) is 1. The molecule has 0 spiro atoms. The Kier molecular flexibility index (Phi) is 3.08. The van der Waals surface area contributed by atoms with E-state index >= 15 is 0 Å². The van der Waals surface area contributed by atoms with Crippen molar-refractivity contribution >= 4 is 0 Å². The van der Waals surface area contributed by atoms with Crippen molar-refractivity contribution in [2.45, 2.75) is 32.4 Å². The Bertz CT molecular complexity index is 335. The second-order valence-corrected chi connectivity index (χ2v) is 4.62. The van der Waals surface area contributed by atoms with Gasteiger partial charge in [0.05, 0.1) is 6.10 Å². The number of aliphatic hydroxyl groups is 1. The van der Waals surface area contributed by atoms with Crippen LogP contribution in [0.4, 0.5) is 0 Å². The van der Waals surface area contributed by atoms with E-state index in [2.05, 4.69) is 36.5 Å². The van der Waals surface area contributed by atoms with Crippen molar-refractivity contribution in [3.8, 4) is 0 Å². The van der Waals surface area contributed by atoms with E-state index in [4.69, 9.17) is 0 Å². The lowest BCUT2D eigenvalue weighted by Gasteiger charge is -2.19. The summed E-state index contributed by atoms with van der Waals surface area (Å²) >= 11 is 0. The van der Waals surface area contributed by atoms with Crippen LogP contribution in [0, 0.1) is 5.92 Å². The number of benzene rings is 1. The fourth-order valence-electron chi connectivity index (χ4n) is 2.40. The summed E-state index contributed by atoms with van der Waals surface area (Å²) in [5.74, 6) is 0.626. The van der Waals surface area contributed by atoms with Crippen LogP contribution in [0.2, 0.25) is 0 Å². The molecule has 2 nitrogen and oxygen atoms in total. The monoisotopic (exact) mass is 205 g/mol. The Morgan fingerprint density at radius 2 is 2.20 bits per heavy atom. The summed E-state index contributed by atoms with van der Waals surface area (Å²) in [4.78, 5) is 0. The van der Waals surface area contributed by atoms with E-state index in [0.717, 1.165) is 6.42 Å². The molecule has 0 saturated carbocycles. The van der Waals surface area contributed by atoms with Crippen molar-refractivity contribution in [2.75, 3.05) is 6.54 Å². The molecule has 2 rings (SSSR count). The third-order valence-corrected chi connectivity index (χ3v) is 3.13.